The molecule has 0 aliphatic carbocycles. The minimum Gasteiger partial charge on any atom is -0.298 e. The quantitative estimate of drug-likeness (QED) is 0.805. The number of hydrogen-bond acceptors (Lipinski definition) is 3. The molecule has 0 saturated carbocycles. The highest BCUT2D eigenvalue weighted by Crippen LogP contribution is 2.23. The molecule has 100 valence electrons. The van der Waals surface area contributed by atoms with E-state index in [4.69, 9.17) is 11.6 Å². The number of carbonyl (C=O) groups is 1. The number of sulfone groups is 1. The maximum atomic E-state index is 12.9. The Morgan fingerprint density at radius 1 is 1.33 bits per heavy atom. The molecule has 1 aromatic rings. The van der Waals surface area contributed by atoms with E-state index in [1.807, 2.05) is 0 Å². The second-order valence-corrected chi connectivity index (χ2v) is 7.40. The molecule has 3 nitrogen and oxygen atoms in total. The maximum Gasteiger partial charge on any atom is 0.185 e. The lowest BCUT2D eigenvalue weighted by molar-refractivity contribution is -0.123. The van der Waals surface area contributed by atoms with Gasteiger partial charge in [-0.3, -0.25) is 4.79 Å². The topological polar surface area (TPSA) is 51.2 Å². The van der Waals surface area contributed by atoms with Crippen molar-refractivity contribution < 1.29 is 17.6 Å². The van der Waals surface area contributed by atoms with E-state index in [0.29, 0.717) is 0 Å². The second kappa shape index (κ2) is 4.97. The Balaban J connectivity index is 3.08. The first-order valence-electron chi connectivity index (χ1n) is 5.25. The summed E-state index contributed by atoms with van der Waals surface area (Å²) in [6, 6.07) is 3.09. The molecule has 1 rings (SSSR count). The van der Waals surface area contributed by atoms with Crippen LogP contribution in [0.15, 0.2) is 23.1 Å². The van der Waals surface area contributed by atoms with Crippen molar-refractivity contribution in [3.8, 4) is 0 Å². The summed E-state index contributed by atoms with van der Waals surface area (Å²) in [5.74, 6) is -1.71. The predicted octanol–water partition coefficient (Wildman–Crippen LogP) is 2.87. The van der Waals surface area contributed by atoms with Gasteiger partial charge in [0, 0.05) is 5.41 Å². The van der Waals surface area contributed by atoms with Gasteiger partial charge < -0.3 is 0 Å². The minimum absolute atomic E-state index is 0.147. The lowest BCUT2D eigenvalue weighted by Crippen LogP contribution is -2.28. The average Bonchev–Trinajstić information content (AvgIpc) is 2.19. The number of benzene rings is 1. The van der Waals surface area contributed by atoms with Gasteiger partial charge in [0.15, 0.2) is 15.6 Å². The average molecular weight is 293 g/mol. The number of Topliss-reactive ketones (excluding diaryl/α,β-unsaturated/α-hetero) is 1. The monoisotopic (exact) mass is 292 g/mol. The van der Waals surface area contributed by atoms with Crippen molar-refractivity contribution in [3.05, 3.63) is 29.0 Å². The van der Waals surface area contributed by atoms with E-state index in [-0.39, 0.29) is 9.92 Å². The lowest BCUT2D eigenvalue weighted by Gasteiger charge is -2.16. The minimum atomic E-state index is -3.78. The molecule has 0 aliphatic heterocycles. The molecule has 0 atom stereocenters. The molecular weight excluding hydrogens is 279 g/mol. The Morgan fingerprint density at radius 2 is 1.89 bits per heavy atom. The molecule has 6 heteroatoms. The third-order valence-electron chi connectivity index (χ3n) is 2.41. The maximum absolute atomic E-state index is 12.9. The van der Waals surface area contributed by atoms with Crippen molar-refractivity contribution in [1.29, 1.82) is 0 Å². The smallest absolute Gasteiger partial charge is 0.185 e. The zero-order chi connectivity index (χ0) is 14.1. The van der Waals surface area contributed by atoms with E-state index in [1.54, 1.807) is 20.8 Å². The number of halogens is 2. The molecule has 0 amide bonds. The van der Waals surface area contributed by atoms with Gasteiger partial charge in [0.2, 0.25) is 0 Å². The van der Waals surface area contributed by atoms with Crippen molar-refractivity contribution in [2.24, 2.45) is 5.41 Å². The second-order valence-electron chi connectivity index (χ2n) is 5.01. The van der Waals surface area contributed by atoms with Crippen LogP contribution in [0.2, 0.25) is 5.02 Å². The zero-order valence-electron chi connectivity index (χ0n) is 10.3. The summed E-state index contributed by atoms with van der Waals surface area (Å²) in [6.45, 7) is 4.92. The first-order chi connectivity index (χ1) is 8.04. The Hall–Kier alpha value is -0.940. The molecular formula is C12H14ClFO3S. The van der Waals surface area contributed by atoms with Crippen LogP contribution in [0.3, 0.4) is 0 Å². The Morgan fingerprint density at radius 3 is 2.33 bits per heavy atom. The van der Waals surface area contributed by atoms with Crippen molar-refractivity contribution in [2.45, 2.75) is 25.7 Å². The SMILES string of the molecule is CC(C)(C)C(=O)CS(=O)(=O)c1ccc(F)c(Cl)c1. The summed E-state index contributed by atoms with van der Waals surface area (Å²) in [4.78, 5) is 11.6. The summed E-state index contributed by atoms with van der Waals surface area (Å²) < 4.78 is 36.8. The van der Waals surface area contributed by atoms with Crippen LogP contribution in [-0.2, 0) is 14.6 Å². The largest absolute Gasteiger partial charge is 0.298 e. The van der Waals surface area contributed by atoms with E-state index >= 15 is 0 Å². The van der Waals surface area contributed by atoms with Gasteiger partial charge in [0.25, 0.3) is 0 Å². The number of rotatable bonds is 3. The predicted molar refractivity (Wildman–Crippen MR) is 67.9 cm³/mol. The van der Waals surface area contributed by atoms with Crippen LogP contribution >= 0.6 is 11.6 Å². The standard InChI is InChI=1S/C12H14ClFO3S/c1-12(2,3)11(15)7-18(16,17)8-4-5-10(14)9(13)6-8/h4-6H,7H2,1-3H3. The molecule has 0 N–H and O–H groups in total. The van der Waals surface area contributed by atoms with E-state index in [0.717, 1.165) is 18.2 Å². The lowest BCUT2D eigenvalue weighted by atomic mass is 9.92. The fourth-order valence-corrected chi connectivity index (χ4v) is 2.91. The normalized spacial score (nSPS) is 12.5. The highest BCUT2D eigenvalue weighted by atomic mass is 35.5. The Kier molecular flexibility index (Phi) is 4.18. The van der Waals surface area contributed by atoms with Crippen molar-refractivity contribution in [2.75, 3.05) is 5.75 Å². The number of hydrogen-bond donors (Lipinski definition) is 0. The van der Waals surface area contributed by atoms with Gasteiger partial charge in [-0.25, -0.2) is 12.8 Å². The molecule has 18 heavy (non-hydrogen) atoms. The summed E-state index contributed by atoms with van der Waals surface area (Å²) in [7, 11) is -3.78. The first-order valence-corrected chi connectivity index (χ1v) is 7.28. The Bertz CT molecular complexity index is 573. The van der Waals surface area contributed by atoms with Crippen LogP contribution in [0.1, 0.15) is 20.8 Å². The molecule has 0 radical (unpaired) electrons. The summed E-state index contributed by atoms with van der Waals surface area (Å²) in [5, 5.41) is -0.278. The number of ketones is 1. The van der Waals surface area contributed by atoms with Crippen molar-refractivity contribution >= 4 is 27.2 Å². The molecule has 0 fully saturated rings. The summed E-state index contributed by atoms with van der Waals surface area (Å²) in [6.07, 6.45) is 0. The van der Waals surface area contributed by atoms with Crippen LogP contribution in [0.25, 0.3) is 0 Å². The van der Waals surface area contributed by atoms with E-state index < -0.39 is 32.6 Å². The molecule has 0 heterocycles. The molecule has 0 aliphatic rings. The van der Waals surface area contributed by atoms with E-state index in [9.17, 15) is 17.6 Å². The molecule has 0 unspecified atom stereocenters. The van der Waals surface area contributed by atoms with Gasteiger partial charge in [-0.1, -0.05) is 32.4 Å². The van der Waals surface area contributed by atoms with Crippen LogP contribution < -0.4 is 0 Å². The van der Waals surface area contributed by atoms with E-state index in [2.05, 4.69) is 0 Å². The van der Waals surface area contributed by atoms with Gasteiger partial charge in [-0.15, -0.1) is 0 Å². The highest BCUT2D eigenvalue weighted by Gasteiger charge is 2.28. The highest BCUT2D eigenvalue weighted by molar-refractivity contribution is 7.92. The fourth-order valence-electron chi connectivity index (χ4n) is 1.14. The first kappa shape index (κ1) is 15.1. The van der Waals surface area contributed by atoms with Gasteiger partial charge in [-0.2, -0.15) is 0 Å². The van der Waals surface area contributed by atoms with Gasteiger partial charge in [0.1, 0.15) is 11.6 Å². The van der Waals surface area contributed by atoms with Gasteiger partial charge >= 0.3 is 0 Å². The summed E-state index contributed by atoms with van der Waals surface area (Å²) >= 11 is 5.52. The summed E-state index contributed by atoms with van der Waals surface area (Å²) in [5.41, 5.74) is -0.739. The van der Waals surface area contributed by atoms with Gasteiger partial charge in [0.05, 0.1) is 9.92 Å². The molecule has 0 spiro atoms. The third kappa shape index (κ3) is 3.53. The fraction of sp³-hybridized carbons (Fsp3) is 0.417. The zero-order valence-corrected chi connectivity index (χ0v) is 11.9. The third-order valence-corrected chi connectivity index (χ3v) is 4.31. The van der Waals surface area contributed by atoms with Crippen LogP contribution in [0.4, 0.5) is 4.39 Å². The molecule has 0 bridgehead atoms. The number of carbonyl (C=O) groups excluding carboxylic acids is 1. The molecule has 1 aromatic carbocycles. The Labute approximate surface area is 111 Å². The van der Waals surface area contributed by atoms with Gasteiger partial charge in [-0.05, 0) is 18.2 Å². The van der Waals surface area contributed by atoms with Crippen LogP contribution in [0, 0.1) is 11.2 Å². The molecule has 0 saturated heterocycles. The van der Waals surface area contributed by atoms with Crippen molar-refractivity contribution in [3.63, 3.8) is 0 Å². The van der Waals surface area contributed by atoms with Crippen LogP contribution in [-0.4, -0.2) is 20.0 Å². The van der Waals surface area contributed by atoms with E-state index in [1.165, 1.54) is 0 Å². The molecule has 0 aromatic heterocycles. The van der Waals surface area contributed by atoms with Crippen molar-refractivity contribution in [1.82, 2.24) is 0 Å². The van der Waals surface area contributed by atoms with Crippen LogP contribution in [0.5, 0.6) is 0 Å².